The summed E-state index contributed by atoms with van der Waals surface area (Å²) in [4.78, 5) is 14.8. The molecule has 3 atom stereocenters. The molecule has 2 aliphatic rings. The Morgan fingerprint density at radius 3 is 2.10 bits per heavy atom. The molecule has 2 heterocycles. The first kappa shape index (κ1) is 14.6. The van der Waals surface area contributed by atoms with E-state index in [0.29, 0.717) is 18.0 Å². The van der Waals surface area contributed by atoms with Crippen molar-refractivity contribution in [3.05, 3.63) is 35.6 Å². The lowest BCUT2D eigenvalue weighted by Crippen LogP contribution is -2.50. The summed E-state index contributed by atoms with van der Waals surface area (Å²) >= 11 is 0. The van der Waals surface area contributed by atoms with Crippen LogP contribution in [0.15, 0.2) is 24.3 Å². The first-order valence-corrected chi connectivity index (χ1v) is 7.94. The van der Waals surface area contributed by atoms with Crippen LogP contribution in [-0.2, 0) is 4.79 Å². The van der Waals surface area contributed by atoms with Crippen molar-refractivity contribution in [2.24, 2.45) is 5.41 Å². The molecule has 1 amide bonds. The van der Waals surface area contributed by atoms with E-state index < -0.39 is 0 Å². The smallest absolute Gasteiger partial charge is 0.228 e. The summed E-state index contributed by atoms with van der Waals surface area (Å²) in [5.41, 5.74) is 0.917. The van der Waals surface area contributed by atoms with Gasteiger partial charge in [0.15, 0.2) is 0 Å². The average Bonchev–Trinajstić information content (AvgIpc) is 2.67. The van der Waals surface area contributed by atoms with Gasteiger partial charge in [-0.1, -0.05) is 32.9 Å². The standard InChI is InChI=1S/C18H24FNO/c1-18(2,3)17(21)20-15-8-9-16(20)11-13(10-15)12-4-6-14(19)7-5-12/h4-7,13,15-16H,8-11H2,1-3H3/t13?,15-,16+. The van der Waals surface area contributed by atoms with E-state index in [1.807, 2.05) is 32.9 Å². The third-order valence-corrected chi connectivity index (χ3v) is 4.95. The molecule has 1 unspecified atom stereocenters. The Balaban J connectivity index is 1.78. The van der Waals surface area contributed by atoms with Gasteiger partial charge in [-0.15, -0.1) is 0 Å². The molecule has 2 aliphatic heterocycles. The third kappa shape index (κ3) is 2.70. The van der Waals surface area contributed by atoms with Crippen LogP contribution in [0.4, 0.5) is 4.39 Å². The lowest BCUT2D eigenvalue weighted by atomic mass is 9.83. The molecule has 1 aromatic carbocycles. The fraction of sp³-hybridized carbons (Fsp3) is 0.611. The predicted octanol–water partition coefficient (Wildman–Crippen LogP) is 4.11. The van der Waals surface area contributed by atoms with Gasteiger partial charge >= 0.3 is 0 Å². The van der Waals surface area contributed by atoms with Gasteiger partial charge in [-0.05, 0) is 49.3 Å². The van der Waals surface area contributed by atoms with Crippen molar-refractivity contribution in [3.63, 3.8) is 0 Å². The van der Waals surface area contributed by atoms with Gasteiger partial charge in [-0.25, -0.2) is 4.39 Å². The van der Waals surface area contributed by atoms with Gasteiger partial charge in [-0.2, -0.15) is 0 Å². The van der Waals surface area contributed by atoms with Gasteiger partial charge in [0.05, 0.1) is 0 Å². The van der Waals surface area contributed by atoms with Crippen LogP contribution in [0.1, 0.15) is 57.9 Å². The highest BCUT2D eigenvalue weighted by Gasteiger charge is 2.45. The molecular formula is C18H24FNO. The van der Waals surface area contributed by atoms with E-state index in [1.165, 1.54) is 5.56 Å². The number of benzene rings is 1. The molecule has 2 nitrogen and oxygen atoms in total. The second-order valence-electron chi connectivity index (χ2n) is 7.57. The maximum absolute atomic E-state index is 13.1. The molecule has 1 aromatic rings. The number of carbonyl (C=O) groups is 1. The maximum atomic E-state index is 13.1. The predicted molar refractivity (Wildman–Crippen MR) is 81.5 cm³/mol. The van der Waals surface area contributed by atoms with Crippen molar-refractivity contribution in [3.8, 4) is 0 Å². The van der Waals surface area contributed by atoms with Crippen molar-refractivity contribution in [1.29, 1.82) is 0 Å². The summed E-state index contributed by atoms with van der Waals surface area (Å²) in [6.07, 6.45) is 4.27. The highest BCUT2D eigenvalue weighted by molar-refractivity contribution is 5.82. The molecule has 2 saturated heterocycles. The van der Waals surface area contributed by atoms with E-state index in [-0.39, 0.29) is 17.1 Å². The second-order valence-corrected chi connectivity index (χ2v) is 7.57. The quantitative estimate of drug-likeness (QED) is 0.762. The summed E-state index contributed by atoms with van der Waals surface area (Å²) in [5, 5.41) is 0. The molecule has 3 rings (SSSR count). The number of nitrogens with zero attached hydrogens (tertiary/aromatic N) is 1. The topological polar surface area (TPSA) is 20.3 Å². The Hall–Kier alpha value is -1.38. The highest BCUT2D eigenvalue weighted by atomic mass is 19.1. The zero-order valence-corrected chi connectivity index (χ0v) is 13.1. The van der Waals surface area contributed by atoms with Crippen LogP contribution in [0.25, 0.3) is 0 Å². The van der Waals surface area contributed by atoms with Crippen LogP contribution in [0, 0.1) is 11.2 Å². The van der Waals surface area contributed by atoms with Crippen LogP contribution in [0.5, 0.6) is 0 Å². The Morgan fingerprint density at radius 1 is 1.10 bits per heavy atom. The lowest BCUT2D eigenvalue weighted by Gasteiger charge is -2.42. The summed E-state index contributed by atoms with van der Waals surface area (Å²) in [7, 11) is 0. The van der Waals surface area contributed by atoms with Crippen LogP contribution < -0.4 is 0 Å². The molecule has 2 fully saturated rings. The minimum Gasteiger partial charge on any atom is -0.336 e. The fourth-order valence-corrected chi connectivity index (χ4v) is 3.90. The first-order valence-electron chi connectivity index (χ1n) is 7.94. The van der Waals surface area contributed by atoms with E-state index in [9.17, 15) is 9.18 Å². The number of rotatable bonds is 1. The Morgan fingerprint density at radius 2 is 1.62 bits per heavy atom. The Labute approximate surface area is 126 Å². The van der Waals surface area contributed by atoms with Crippen molar-refractivity contribution >= 4 is 5.91 Å². The average molecular weight is 289 g/mol. The number of fused-ring (bicyclic) bond motifs is 2. The largest absolute Gasteiger partial charge is 0.336 e. The van der Waals surface area contributed by atoms with Crippen LogP contribution in [-0.4, -0.2) is 22.9 Å². The van der Waals surface area contributed by atoms with E-state index >= 15 is 0 Å². The molecule has 2 bridgehead atoms. The second kappa shape index (κ2) is 5.11. The minimum atomic E-state index is -0.302. The van der Waals surface area contributed by atoms with E-state index in [2.05, 4.69) is 4.90 Å². The number of piperidine rings is 1. The van der Waals surface area contributed by atoms with Crippen LogP contribution in [0.2, 0.25) is 0 Å². The molecule has 21 heavy (non-hydrogen) atoms. The minimum absolute atomic E-state index is 0.179. The van der Waals surface area contributed by atoms with Gasteiger partial charge < -0.3 is 4.90 Å². The van der Waals surface area contributed by atoms with Gasteiger partial charge in [0, 0.05) is 17.5 Å². The molecule has 0 saturated carbocycles. The molecule has 3 heteroatoms. The zero-order chi connectivity index (χ0) is 15.2. The lowest BCUT2D eigenvalue weighted by molar-refractivity contribution is -0.144. The van der Waals surface area contributed by atoms with Crippen molar-refractivity contribution in [2.45, 2.75) is 64.5 Å². The van der Waals surface area contributed by atoms with Gasteiger partial charge in [-0.3, -0.25) is 4.79 Å². The summed E-state index contributed by atoms with van der Waals surface area (Å²) in [5.74, 6) is 0.571. The summed E-state index contributed by atoms with van der Waals surface area (Å²) in [6.45, 7) is 6.00. The first-order chi connectivity index (χ1) is 9.86. The summed E-state index contributed by atoms with van der Waals surface area (Å²) < 4.78 is 13.1. The van der Waals surface area contributed by atoms with E-state index in [4.69, 9.17) is 0 Å². The van der Waals surface area contributed by atoms with Gasteiger partial charge in [0.1, 0.15) is 5.82 Å². The fourth-order valence-electron chi connectivity index (χ4n) is 3.90. The number of carbonyl (C=O) groups excluding carboxylic acids is 1. The molecule has 0 radical (unpaired) electrons. The number of hydrogen-bond acceptors (Lipinski definition) is 1. The monoisotopic (exact) mass is 289 g/mol. The number of hydrogen-bond donors (Lipinski definition) is 0. The molecule has 0 N–H and O–H groups in total. The molecule has 0 aromatic heterocycles. The Bertz CT molecular complexity index is 517. The maximum Gasteiger partial charge on any atom is 0.228 e. The Kier molecular flexibility index (Phi) is 3.54. The third-order valence-electron chi connectivity index (χ3n) is 4.95. The molecule has 114 valence electrons. The van der Waals surface area contributed by atoms with Gasteiger partial charge in [0.2, 0.25) is 5.91 Å². The van der Waals surface area contributed by atoms with Crippen molar-refractivity contribution < 1.29 is 9.18 Å². The van der Waals surface area contributed by atoms with E-state index in [1.54, 1.807) is 12.1 Å². The summed E-state index contributed by atoms with van der Waals surface area (Å²) in [6, 6.07) is 7.63. The van der Waals surface area contributed by atoms with E-state index in [0.717, 1.165) is 25.7 Å². The number of amides is 1. The van der Waals surface area contributed by atoms with Crippen LogP contribution >= 0.6 is 0 Å². The molecule has 0 aliphatic carbocycles. The van der Waals surface area contributed by atoms with Gasteiger partial charge in [0.25, 0.3) is 0 Å². The SMILES string of the molecule is CC(C)(C)C(=O)N1[C@@H]2CC[C@H]1CC(c1ccc(F)cc1)C2. The number of halogens is 1. The molecular weight excluding hydrogens is 265 g/mol. The highest BCUT2D eigenvalue weighted by Crippen LogP contribution is 2.44. The molecule has 0 spiro atoms. The van der Waals surface area contributed by atoms with Crippen molar-refractivity contribution in [2.75, 3.05) is 0 Å². The van der Waals surface area contributed by atoms with Crippen molar-refractivity contribution in [1.82, 2.24) is 4.90 Å². The normalized spacial score (nSPS) is 28.8. The van der Waals surface area contributed by atoms with Crippen LogP contribution in [0.3, 0.4) is 0 Å². The zero-order valence-electron chi connectivity index (χ0n) is 13.1.